The number of halogens is 1. The molecule has 7 nitrogen and oxygen atoms in total. The number of pyridine rings is 1. The second-order valence-corrected chi connectivity index (χ2v) is 7.22. The predicted octanol–water partition coefficient (Wildman–Crippen LogP) is 1.69. The quantitative estimate of drug-likeness (QED) is 0.793. The van der Waals surface area contributed by atoms with Crippen molar-refractivity contribution in [3.8, 4) is 5.75 Å². The van der Waals surface area contributed by atoms with E-state index in [1.165, 1.54) is 22.9 Å². The maximum absolute atomic E-state index is 13.8. The summed E-state index contributed by atoms with van der Waals surface area (Å²) in [5.74, 6) is -0.585. The van der Waals surface area contributed by atoms with Gasteiger partial charge in [-0.15, -0.1) is 0 Å². The van der Waals surface area contributed by atoms with Crippen LogP contribution in [-0.2, 0) is 29.3 Å². The Balaban J connectivity index is 1.77. The van der Waals surface area contributed by atoms with E-state index in [0.29, 0.717) is 24.3 Å². The summed E-state index contributed by atoms with van der Waals surface area (Å²) in [5, 5.41) is 9.59. The summed E-state index contributed by atoms with van der Waals surface area (Å²) >= 11 is 0. The molecule has 1 fully saturated rings. The van der Waals surface area contributed by atoms with Gasteiger partial charge in [-0.3, -0.25) is 9.59 Å². The number of carbonyl (C=O) groups excluding carboxylic acids is 1. The number of rotatable bonds is 6. The summed E-state index contributed by atoms with van der Waals surface area (Å²) in [7, 11) is 0. The Bertz CT molecular complexity index is 920. The number of nitrogens with zero attached hydrogens (tertiary/aromatic N) is 2. The van der Waals surface area contributed by atoms with Crippen LogP contribution in [0.25, 0.3) is 0 Å². The first-order valence-corrected chi connectivity index (χ1v) is 9.51. The molecule has 2 heterocycles. The highest BCUT2D eigenvalue weighted by Gasteiger charge is 2.26. The van der Waals surface area contributed by atoms with Gasteiger partial charge >= 0.3 is 0 Å². The Hall–Kier alpha value is -2.71. The standard InChI is InChI=1S/C21H25FN2O5/c1-14-8-24(9-15(2)29-14)21(27)11-23-10-20(19(26)7-17(23)12-25)28-13-16-5-3-4-6-18(16)22/h3-7,10,14-15,25H,8-9,11-13H2,1-2H3/t14-,15-/m1/s1. The molecule has 1 aliphatic rings. The molecule has 2 aromatic rings. The molecule has 3 rings (SSSR count). The normalized spacial score (nSPS) is 19.2. The lowest BCUT2D eigenvalue weighted by Crippen LogP contribution is -2.49. The SMILES string of the molecule is C[C@@H]1CN(C(=O)Cn2cc(OCc3ccccc3F)c(=O)cc2CO)C[C@@H](C)O1. The van der Waals surface area contributed by atoms with Crippen LogP contribution >= 0.6 is 0 Å². The molecule has 2 atom stereocenters. The fourth-order valence-corrected chi connectivity index (χ4v) is 3.38. The number of aliphatic hydroxyl groups is 1. The van der Waals surface area contributed by atoms with Gasteiger partial charge in [0.1, 0.15) is 19.0 Å². The van der Waals surface area contributed by atoms with Crippen LogP contribution in [0, 0.1) is 5.82 Å². The van der Waals surface area contributed by atoms with Crippen LogP contribution in [0.2, 0.25) is 0 Å². The largest absolute Gasteiger partial charge is 0.483 e. The molecule has 8 heteroatoms. The van der Waals surface area contributed by atoms with E-state index in [0.717, 1.165) is 0 Å². The van der Waals surface area contributed by atoms with Gasteiger partial charge in [-0.25, -0.2) is 4.39 Å². The number of ether oxygens (including phenoxy) is 2. The van der Waals surface area contributed by atoms with E-state index in [9.17, 15) is 19.1 Å². The van der Waals surface area contributed by atoms with Crippen molar-refractivity contribution in [1.82, 2.24) is 9.47 Å². The van der Waals surface area contributed by atoms with Crippen molar-refractivity contribution >= 4 is 5.91 Å². The fourth-order valence-electron chi connectivity index (χ4n) is 3.38. The van der Waals surface area contributed by atoms with Crippen molar-refractivity contribution in [1.29, 1.82) is 0 Å². The maximum Gasteiger partial charge on any atom is 0.242 e. The van der Waals surface area contributed by atoms with Crippen molar-refractivity contribution in [3.63, 3.8) is 0 Å². The highest BCUT2D eigenvalue weighted by atomic mass is 19.1. The van der Waals surface area contributed by atoms with Gasteiger partial charge in [-0.2, -0.15) is 0 Å². The topological polar surface area (TPSA) is 81.0 Å². The van der Waals surface area contributed by atoms with Crippen LogP contribution in [0.5, 0.6) is 5.75 Å². The Morgan fingerprint density at radius 3 is 2.62 bits per heavy atom. The molecule has 0 radical (unpaired) electrons. The molecule has 1 saturated heterocycles. The minimum absolute atomic E-state index is 0.0121. The molecular weight excluding hydrogens is 379 g/mol. The van der Waals surface area contributed by atoms with Gasteiger partial charge < -0.3 is 24.0 Å². The zero-order chi connectivity index (χ0) is 21.0. The number of carbonyl (C=O) groups is 1. The lowest BCUT2D eigenvalue weighted by molar-refractivity contribution is -0.143. The average molecular weight is 404 g/mol. The van der Waals surface area contributed by atoms with Crippen LogP contribution in [0.4, 0.5) is 4.39 Å². The van der Waals surface area contributed by atoms with Gasteiger partial charge in [0.25, 0.3) is 0 Å². The molecule has 0 unspecified atom stereocenters. The van der Waals surface area contributed by atoms with Crippen molar-refractivity contribution in [2.45, 2.75) is 45.8 Å². The average Bonchev–Trinajstić information content (AvgIpc) is 2.68. The van der Waals surface area contributed by atoms with Crippen molar-refractivity contribution in [2.75, 3.05) is 13.1 Å². The first-order valence-electron chi connectivity index (χ1n) is 9.51. The monoisotopic (exact) mass is 404 g/mol. The van der Waals surface area contributed by atoms with E-state index < -0.39 is 17.9 Å². The van der Waals surface area contributed by atoms with Crippen molar-refractivity contribution in [3.05, 3.63) is 63.8 Å². The van der Waals surface area contributed by atoms with Crippen LogP contribution in [0.1, 0.15) is 25.1 Å². The molecule has 156 valence electrons. The molecule has 1 aromatic carbocycles. The predicted molar refractivity (Wildman–Crippen MR) is 104 cm³/mol. The number of morpholine rings is 1. The van der Waals surface area contributed by atoms with Gasteiger partial charge in [0.2, 0.25) is 11.3 Å². The molecule has 1 aromatic heterocycles. The lowest BCUT2D eigenvalue weighted by atomic mass is 10.2. The molecule has 0 spiro atoms. The van der Waals surface area contributed by atoms with E-state index in [1.807, 2.05) is 13.8 Å². The van der Waals surface area contributed by atoms with Crippen molar-refractivity contribution in [2.24, 2.45) is 0 Å². The number of aliphatic hydroxyl groups excluding tert-OH is 1. The summed E-state index contributed by atoms with van der Waals surface area (Å²) < 4.78 is 26.4. The van der Waals surface area contributed by atoms with Gasteiger partial charge in [0, 0.05) is 30.4 Å². The third-order valence-corrected chi connectivity index (χ3v) is 4.76. The number of hydrogen-bond donors (Lipinski definition) is 1. The number of benzene rings is 1. The molecule has 29 heavy (non-hydrogen) atoms. The molecule has 0 saturated carbocycles. The lowest BCUT2D eigenvalue weighted by Gasteiger charge is -2.35. The van der Waals surface area contributed by atoms with E-state index in [4.69, 9.17) is 9.47 Å². The van der Waals surface area contributed by atoms with Gasteiger partial charge in [-0.1, -0.05) is 18.2 Å². The third kappa shape index (κ3) is 5.21. The smallest absolute Gasteiger partial charge is 0.242 e. The molecule has 1 aliphatic heterocycles. The molecule has 1 amide bonds. The molecule has 0 bridgehead atoms. The fraction of sp³-hybridized carbons (Fsp3) is 0.429. The van der Waals surface area contributed by atoms with Crippen molar-refractivity contribution < 1.29 is 23.8 Å². The Kier molecular flexibility index (Phi) is 6.66. The van der Waals surface area contributed by atoms with E-state index in [-0.39, 0.29) is 37.0 Å². The number of amides is 1. The first kappa shape index (κ1) is 21.0. The molecular formula is C21H25FN2O5. The number of aromatic nitrogens is 1. The highest BCUT2D eigenvalue weighted by Crippen LogP contribution is 2.15. The van der Waals surface area contributed by atoms with Crippen LogP contribution < -0.4 is 10.2 Å². The Morgan fingerprint density at radius 2 is 1.97 bits per heavy atom. The second kappa shape index (κ2) is 9.19. The summed E-state index contributed by atoms with van der Waals surface area (Å²) in [5.41, 5.74) is 0.177. The molecule has 1 N–H and O–H groups in total. The summed E-state index contributed by atoms with van der Waals surface area (Å²) in [6, 6.07) is 7.36. The van der Waals surface area contributed by atoms with E-state index >= 15 is 0 Å². The van der Waals surface area contributed by atoms with E-state index in [1.54, 1.807) is 23.1 Å². The van der Waals surface area contributed by atoms with E-state index in [2.05, 4.69) is 0 Å². The minimum Gasteiger partial charge on any atom is -0.483 e. The first-order chi connectivity index (χ1) is 13.9. The Morgan fingerprint density at radius 1 is 1.28 bits per heavy atom. The molecule has 0 aliphatic carbocycles. The van der Waals surface area contributed by atoms with Gasteiger partial charge in [0.05, 0.1) is 25.0 Å². The number of hydrogen-bond acceptors (Lipinski definition) is 5. The Labute approximate surface area is 168 Å². The van der Waals surface area contributed by atoms with Crippen LogP contribution in [-0.4, -0.2) is 45.8 Å². The van der Waals surface area contributed by atoms with Crippen LogP contribution in [0.15, 0.2) is 41.3 Å². The van der Waals surface area contributed by atoms with Gasteiger partial charge in [-0.05, 0) is 19.9 Å². The third-order valence-electron chi connectivity index (χ3n) is 4.76. The summed E-state index contributed by atoms with van der Waals surface area (Å²) in [6.07, 6.45) is 1.27. The summed E-state index contributed by atoms with van der Waals surface area (Å²) in [4.78, 5) is 26.7. The van der Waals surface area contributed by atoms with Crippen LogP contribution in [0.3, 0.4) is 0 Å². The second-order valence-electron chi connectivity index (χ2n) is 7.22. The van der Waals surface area contributed by atoms with Gasteiger partial charge in [0.15, 0.2) is 5.75 Å². The zero-order valence-corrected chi connectivity index (χ0v) is 16.5. The minimum atomic E-state index is -0.442. The summed E-state index contributed by atoms with van der Waals surface area (Å²) in [6.45, 7) is 4.21. The maximum atomic E-state index is 13.8. The zero-order valence-electron chi connectivity index (χ0n) is 16.5. The highest BCUT2D eigenvalue weighted by molar-refractivity contribution is 5.76.